The molecule has 0 fully saturated rings. The number of aromatic hydroxyl groups is 2. The lowest BCUT2D eigenvalue weighted by molar-refractivity contribution is -0.116. The molecule has 0 aliphatic carbocycles. The maximum atomic E-state index is 10.9. The highest BCUT2D eigenvalue weighted by atomic mass is 16.4. The molecule has 0 spiro atoms. The van der Waals surface area contributed by atoms with Gasteiger partial charge < -0.3 is 20.6 Å². The largest absolute Gasteiger partial charge is 0.508 e. The van der Waals surface area contributed by atoms with Crippen LogP contribution in [-0.4, -0.2) is 33.7 Å². The summed E-state index contributed by atoms with van der Waals surface area (Å²) in [4.78, 5) is 21.6. The van der Waals surface area contributed by atoms with Gasteiger partial charge in [-0.15, -0.1) is 0 Å². The van der Waals surface area contributed by atoms with Crippen LogP contribution in [0.15, 0.2) is 24.8 Å². The highest BCUT2D eigenvalue weighted by Crippen LogP contribution is 2.29. The summed E-state index contributed by atoms with van der Waals surface area (Å²) in [5, 5.41) is 30.6. The van der Waals surface area contributed by atoms with Crippen molar-refractivity contribution >= 4 is 11.9 Å². The summed E-state index contributed by atoms with van der Waals surface area (Å²) in [5.41, 5.74) is 0.0802. The molecule has 0 atom stereocenters. The van der Waals surface area contributed by atoms with Crippen molar-refractivity contribution in [3.8, 4) is 11.5 Å². The van der Waals surface area contributed by atoms with Crippen molar-refractivity contribution in [3.05, 3.63) is 35.9 Å². The van der Waals surface area contributed by atoms with E-state index >= 15 is 0 Å². The number of hydrogen-bond acceptors (Lipinski definition) is 4. The second-order valence-corrected chi connectivity index (χ2v) is 3.90. The predicted molar refractivity (Wildman–Crippen MR) is 68.3 cm³/mol. The number of amides is 1. The third-order valence-electron chi connectivity index (χ3n) is 2.54. The SMILES string of the molecule is C=CC(=O)NCCCc1c(O)cc(C(=O)O)cc1O. The lowest BCUT2D eigenvalue weighted by Gasteiger charge is -2.08. The van der Waals surface area contributed by atoms with Gasteiger partial charge in [0.2, 0.25) is 5.91 Å². The molecule has 0 radical (unpaired) electrons. The lowest BCUT2D eigenvalue weighted by Crippen LogP contribution is -2.22. The maximum absolute atomic E-state index is 10.9. The molecule has 6 nitrogen and oxygen atoms in total. The van der Waals surface area contributed by atoms with Gasteiger partial charge in [0.25, 0.3) is 0 Å². The first kappa shape index (κ1) is 14.6. The lowest BCUT2D eigenvalue weighted by atomic mass is 10.0. The molecule has 4 N–H and O–H groups in total. The van der Waals surface area contributed by atoms with Gasteiger partial charge in [0.1, 0.15) is 11.5 Å². The third kappa shape index (κ3) is 4.02. The Hall–Kier alpha value is -2.50. The number of carboxylic acid groups (broad SMARTS) is 1. The van der Waals surface area contributed by atoms with E-state index in [2.05, 4.69) is 11.9 Å². The van der Waals surface area contributed by atoms with Gasteiger partial charge in [0, 0.05) is 12.1 Å². The number of benzene rings is 1. The number of carbonyl (C=O) groups excluding carboxylic acids is 1. The number of hydrogen-bond donors (Lipinski definition) is 4. The van der Waals surface area contributed by atoms with E-state index in [9.17, 15) is 19.8 Å². The van der Waals surface area contributed by atoms with Crippen LogP contribution in [0.5, 0.6) is 11.5 Å². The Bertz CT molecular complexity index is 487. The summed E-state index contributed by atoms with van der Waals surface area (Å²) in [6, 6.07) is 2.17. The Morgan fingerprint density at radius 1 is 1.26 bits per heavy atom. The molecule has 0 unspecified atom stereocenters. The maximum Gasteiger partial charge on any atom is 0.335 e. The van der Waals surface area contributed by atoms with Crippen molar-refractivity contribution in [3.63, 3.8) is 0 Å². The van der Waals surface area contributed by atoms with E-state index in [0.29, 0.717) is 19.4 Å². The van der Waals surface area contributed by atoms with Gasteiger partial charge in [-0.2, -0.15) is 0 Å². The average Bonchev–Trinajstić information content (AvgIpc) is 2.36. The van der Waals surface area contributed by atoms with Crippen LogP contribution in [0.1, 0.15) is 22.3 Å². The van der Waals surface area contributed by atoms with Crippen LogP contribution in [0.3, 0.4) is 0 Å². The molecule has 19 heavy (non-hydrogen) atoms. The molecule has 0 saturated heterocycles. The van der Waals surface area contributed by atoms with Crippen molar-refractivity contribution in [2.75, 3.05) is 6.54 Å². The topological polar surface area (TPSA) is 107 Å². The predicted octanol–water partition coefficient (Wildman–Crippen LogP) is 1.03. The van der Waals surface area contributed by atoms with E-state index in [1.807, 2.05) is 0 Å². The minimum Gasteiger partial charge on any atom is -0.508 e. The fourth-order valence-corrected chi connectivity index (χ4v) is 1.57. The molecule has 1 amide bonds. The Morgan fingerprint density at radius 2 is 1.84 bits per heavy atom. The number of rotatable bonds is 6. The Morgan fingerprint density at radius 3 is 2.32 bits per heavy atom. The van der Waals surface area contributed by atoms with E-state index in [-0.39, 0.29) is 28.5 Å². The average molecular weight is 265 g/mol. The Labute approximate surface area is 110 Å². The fourth-order valence-electron chi connectivity index (χ4n) is 1.57. The summed E-state index contributed by atoms with van der Waals surface area (Å²) in [5.74, 6) is -2.06. The van der Waals surface area contributed by atoms with Crippen LogP contribution >= 0.6 is 0 Å². The van der Waals surface area contributed by atoms with Crippen molar-refractivity contribution in [1.82, 2.24) is 5.32 Å². The summed E-state index contributed by atoms with van der Waals surface area (Å²) >= 11 is 0. The first-order valence-corrected chi connectivity index (χ1v) is 5.64. The molecular formula is C13H15NO5. The smallest absolute Gasteiger partial charge is 0.335 e. The number of phenols is 2. The Kier molecular flexibility index (Phi) is 4.93. The summed E-state index contributed by atoms with van der Waals surface area (Å²) < 4.78 is 0. The molecule has 6 heteroatoms. The van der Waals surface area contributed by atoms with Gasteiger partial charge in [-0.1, -0.05) is 6.58 Å². The van der Waals surface area contributed by atoms with E-state index in [1.165, 1.54) is 0 Å². The van der Waals surface area contributed by atoms with Crippen molar-refractivity contribution < 1.29 is 24.9 Å². The molecule has 1 aromatic rings. The van der Waals surface area contributed by atoms with E-state index in [0.717, 1.165) is 18.2 Å². The first-order chi connectivity index (χ1) is 8.95. The second kappa shape index (κ2) is 6.44. The molecule has 0 bridgehead atoms. The first-order valence-electron chi connectivity index (χ1n) is 5.64. The second-order valence-electron chi connectivity index (χ2n) is 3.90. The van der Waals surface area contributed by atoms with E-state index < -0.39 is 5.97 Å². The van der Waals surface area contributed by atoms with Crippen LogP contribution in [0.25, 0.3) is 0 Å². The zero-order valence-electron chi connectivity index (χ0n) is 10.2. The number of carboxylic acids is 1. The van der Waals surface area contributed by atoms with Crippen molar-refractivity contribution in [2.24, 2.45) is 0 Å². The van der Waals surface area contributed by atoms with Gasteiger partial charge in [0.15, 0.2) is 0 Å². The minimum atomic E-state index is -1.23. The van der Waals surface area contributed by atoms with Crippen LogP contribution < -0.4 is 5.32 Å². The zero-order chi connectivity index (χ0) is 14.4. The van der Waals surface area contributed by atoms with Gasteiger partial charge in [0.05, 0.1) is 5.56 Å². The highest BCUT2D eigenvalue weighted by molar-refractivity contribution is 5.89. The third-order valence-corrected chi connectivity index (χ3v) is 2.54. The number of aromatic carboxylic acids is 1. The Balaban J connectivity index is 2.66. The quantitative estimate of drug-likeness (QED) is 0.454. The highest BCUT2D eigenvalue weighted by Gasteiger charge is 2.13. The van der Waals surface area contributed by atoms with Crippen LogP contribution in [-0.2, 0) is 11.2 Å². The van der Waals surface area contributed by atoms with Gasteiger partial charge in [-0.05, 0) is 31.1 Å². The standard InChI is InChI=1S/C13H15NO5/c1-2-12(17)14-5-3-4-9-10(15)6-8(13(18)19)7-11(9)16/h2,6-7,15-16H,1,3-5H2,(H,14,17)(H,18,19). The molecule has 102 valence electrons. The minimum absolute atomic E-state index is 0.182. The molecular weight excluding hydrogens is 250 g/mol. The van der Waals surface area contributed by atoms with Crippen molar-refractivity contribution in [2.45, 2.75) is 12.8 Å². The summed E-state index contributed by atoms with van der Waals surface area (Å²) in [7, 11) is 0. The van der Waals surface area contributed by atoms with Gasteiger partial charge >= 0.3 is 5.97 Å². The molecule has 0 aliphatic heterocycles. The number of carbonyl (C=O) groups is 2. The zero-order valence-corrected chi connectivity index (χ0v) is 10.2. The molecule has 0 aromatic heterocycles. The number of phenolic OH excluding ortho intramolecular Hbond substituents is 2. The summed E-state index contributed by atoms with van der Waals surface area (Å²) in [6.07, 6.45) is 1.96. The van der Waals surface area contributed by atoms with Crippen LogP contribution in [0.4, 0.5) is 0 Å². The van der Waals surface area contributed by atoms with Gasteiger partial charge in [-0.3, -0.25) is 4.79 Å². The molecule has 1 rings (SSSR count). The molecule has 0 aliphatic rings. The van der Waals surface area contributed by atoms with E-state index in [1.54, 1.807) is 0 Å². The van der Waals surface area contributed by atoms with Crippen LogP contribution in [0, 0.1) is 0 Å². The van der Waals surface area contributed by atoms with Crippen LogP contribution in [0.2, 0.25) is 0 Å². The monoisotopic (exact) mass is 265 g/mol. The molecule has 0 heterocycles. The van der Waals surface area contributed by atoms with Crippen molar-refractivity contribution in [1.29, 1.82) is 0 Å². The normalized spacial score (nSPS) is 9.89. The van der Waals surface area contributed by atoms with Gasteiger partial charge in [-0.25, -0.2) is 4.79 Å². The molecule has 1 aromatic carbocycles. The fraction of sp³-hybridized carbons (Fsp3) is 0.231. The summed E-state index contributed by atoms with van der Waals surface area (Å²) in [6.45, 7) is 3.67. The molecule has 0 saturated carbocycles. The number of nitrogens with one attached hydrogen (secondary N) is 1. The van der Waals surface area contributed by atoms with E-state index in [4.69, 9.17) is 5.11 Å².